The lowest BCUT2D eigenvalue weighted by Crippen LogP contribution is -1.90. The van der Waals surface area contributed by atoms with E-state index in [4.69, 9.17) is 4.42 Å². The zero-order valence-electron chi connectivity index (χ0n) is 10.9. The molecule has 0 aliphatic heterocycles. The maximum absolute atomic E-state index is 9.26. The highest BCUT2D eigenvalue weighted by Gasteiger charge is 2.09. The van der Waals surface area contributed by atoms with Gasteiger partial charge >= 0.3 is 0 Å². The average Bonchev–Trinajstić information content (AvgIpc) is 2.93. The fourth-order valence-corrected chi connectivity index (χ4v) is 2.10. The van der Waals surface area contributed by atoms with Crippen LogP contribution >= 0.6 is 15.9 Å². The molecule has 3 rings (SSSR count). The topological polar surface area (TPSA) is 61.9 Å². The maximum Gasteiger partial charge on any atom is 0.239 e. The normalized spacial score (nSPS) is 11.3. The van der Waals surface area contributed by atoms with Gasteiger partial charge < -0.3 is 9.73 Å². The second-order valence-electron chi connectivity index (χ2n) is 4.31. The van der Waals surface area contributed by atoms with Crippen molar-refractivity contribution in [1.82, 2.24) is 4.98 Å². The first-order valence-corrected chi connectivity index (χ1v) is 7.04. The van der Waals surface area contributed by atoms with Crippen molar-refractivity contribution < 1.29 is 4.42 Å². The van der Waals surface area contributed by atoms with Gasteiger partial charge in [-0.15, -0.1) is 0 Å². The second-order valence-corrected chi connectivity index (χ2v) is 5.22. The SMILES string of the molecule is N#C/C(=C/Nc1ccc(Br)cc1)c1nc2ccccc2o1. The molecular weight excluding hydrogens is 330 g/mol. The zero-order valence-corrected chi connectivity index (χ0v) is 12.5. The molecule has 4 nitrogen and oxygen atoms in total. The summed E-state index contributed by atoms with van der Waals surface area (Å²) in [7, 11) is 0. The van der Waals surface area contributed by atoms with Gasteiger partial charge in [0.25, 0.3) is 0 Å². The van der Waals surface area contributed by atoms with E-state index in [1.54, 1.807) is 6.20 Å². The Morgan fingerprint density at radius 3 is 2.67 bits per heavy atom. The number of para-hydroxylation sites is 2. The fourth-order valence-electron chi connectivity index (χ4n) is 1.83. The lowest BCUT2D eigenvalue weighted by molar-refractivity contribution is 0.586. The van der Waals surface area contributed by atoms with Crippen molar-refractivity contribution in [3.63, 3.8) is 0 Å². The Labute approximate surface area is 129 Å². The van der Waals surface area contributed by atoms with Crippen LogP contribution in [-0.2, 0) is 0 Å². The first kappa shape index (κ1) is 13.4. The molecule has 21 heavy (non-hydrogen) atoms. The van der Waals surface area contributed by atoms with Crippen molar-refractivity contribution in [1.29, 1.82) is 5.26 Å². The molecule has 1 N–H and O–H groups in total. The largest absolute Gasteiger partial charge is 0.435 e. The van der Waals surface area contributed by atoms with Gasteiger partial charge in [0, 0.05) is 16.4 Å². The number of aromatic nitrogens is 1. The smallest absolute Gasteiger partial charge is 0.239 e. The lowest BCUT2D eigenvalue weighted by atomic mass is 10.3. The molecule has 0 aliphatic carbocycles. The Morgan fingerprint density at radius 1 is 1.19 bits per heavy atom. The van der Waals surface area contributed by atoms with E-state index < -0.39 is 0 Å². The van der Waals surface area contributed by atoms with Gasteiger partial charge in [0.1, 0.15) is 17.2 Å². The Bertz CT molecular complexity index is 811. The molecule has 5 heteroatoms. The molecule has 1 heterocycles. The highest BCUT2D eigenvalue weighted by Crippen LogP contribution is 2.21. The Morgan fingerprint density at radius 2 is 1.95 bits per heavy atom. The Kier molecular flexibility index (Phi) is 3.71. The number of fused-ring (bicyclic) bond motifs is 1. The summed E-state index contributed by atoms with van der Waals surface area (Å²) in [6.45, 7) is 0. The van der Waals surface area contributed by atoms with Crippen LogP contribution < -0.4 is 5.32 Å². The summed E-state index contributed by atoms with van der Waals surface area (Å²) in [6.07, 6.45) is 1.59. The zero-order chi connectivity index (χ0) is 14.7. The van der Waals surface area contributed by atoms with Crippen molar-refractivity contribution in [2.24, 2.45) is 0 Å². The molecule has 0 spiro atoms. The number of nitrogens with zero attached hydrogens (tertiary/aromatic N) is 2. The van der Waals surface area contributed by atoms with Crippen molar-refractivity contribution in [2.45, 2.75) is 0 Å². The van der Waals surface area contributed by atoms with E-state index in [0.717, 1.165) is 15.7 Å². The highest BCUT2D eigenvalue weighted by molar-refractivity contribution is 9.10. The van der Waals surface area contributed by atoms with Crippen LogP contribution in [0.1, 0.15) is 5.89 Å². The molecule has 2 aromatic carbocycles. The van der Waals surface area contributed by atoms with E-state index in [-0.39, 0.29) is 0 Å². The molecule has 0 aliphatic rings. The highest BCUT2D eigenvalue weighted by atomic mass is 79.9. The number of anilines is 1. The minimum Gasteiger partial charge on any atom is -0.435 e. The molecule has 0 radical (unpaired) electrons. The number of oxazole rings is 1. The van der Waals surface area contributed by atoms with Gasteiger partial charge in [-0.1, -0.05) is 28.1 Å². The second kappa shape index (κ2) is 5.81. The molecular formula is C16H10BrN3O. The van der Waals surface area contributed by atoms with Crippen molar-refractivity contribution in [2.75, 3.05) is 5.32 Å². The van der Waals surface area contributed by atoms with Crippen LogP contribution in [0.4, 0.5) is 5.69 Å². The number of benzene rings is 2. The summed E-state index contributed by atoms with van der Waals surface area (Å²) < 4.78 is 6.58. The van der Waals surface area contributed by atoms with Gasteiger partial charge in [0.05, 0.1) is 0 Å². The predicted octanol–water partition coefficient (Wildman–Crippen LogP) is 4.57. The van der Waals surface area contributed by atoms with Crippen molar-refractivity contribution in [3.8, 4) is 6.07 Å². The van der Waals surface area contributed by atoms with Crippen LogP contribution in [0, 0.1) is 11.3 Å². The van der Waals surface area contributed by atoms with Gasteiger partial charge in [-0.05, 0) is 36.4 Å². The third-order valence-corrected chi connectivity index (χ3v) is 3.40. The number of allylic oxidation sites excluding steroid dienone is 1. The van der Waals surface area contributed by atoms with E-state index in [9.17, 15) is 5.26 Å². The van der Waals surface area contributed by atoms with Gasteiger partial charge in [-0.3, -0.25) is 0 Å². The molecule has 0 saturated heterocycles. The van der Waals surface area contributed by atoms with E-state index in [0.29, 0.717) is 17.0 Å². The van der Waals surface area contributed by atoms with Crippen LogP contribution in [0.3, 0.4) is 0 Å². The third-order valence-electron chi connectivity index (χ3n) is 2.87. The van der Waals surface area contributed by atoms with E-state index in [2.05, 4.69) is 32.3 Å². The van der Waals surface area contributed by atoms with Crippen LogP contribution in [-0.4, -0.2) is 4.98 Å². The standard InChI is InChI=1S/C16H10BrN3O/c17-12-5-7-13(8-6-12)19-10-11(9-18)16-20-14-3-1-2-4-15(14)21-16/h1-8,10,19H/b11-10-. The predicted molar refractivity (Wildman–Crippen MR) is 85.4 cm³/mol. The number of hydrogen-bond acceptors (Lipinski definition) is 4. The summed E-state index contributed by atoms with van der Waals surface area (Å²) in [5.41, 5.74) is 2.62. The van der Waals surface area contributed by atoms with Gasteiger partial charge in [0.2, 0.25) is 5.89 Å². The molecule has 0 unspecified atom stereocenters. The summed E-state index contributed by atoms with van der Waals surface area (Å²) in [5, 5.41) is 12.3. The van der Waals surface area contributed by atoms with Crippen LogP contribution in [0.5, 0.6) is 0 Å². The summed E-state index contributed by atoms with van der Waals surface area (Å²) in [5.74, 6) is 0.309. The van der Waals surface area contributed by atoms with E-state index >= 15 is 0 Å². The minimum atomic E-state index is 0.309. The van der Waals surface area contributed by atoms with Gasteiger partial charge in [-0.25, -0.2) is 4.98 Å². The number of nitrogens with one attached hydrogen (secondary N) is 1. The molecule has 1 aromatic heterocycles. The van der Waals surface area contributed by atoms with Crippen molar-refractivity contribution >= 4 is 38.3 Å². The monoisotopic (exact) mass is 339 g/mol. The number of nitriles is 1. The molecule has 0 amide bonds. The van der Waals surface area contributed by atoms with Gasteiger partial charge in [0.15, 0.2) is 5.58 Å². The molecule has 0 fully saturated rings. The summed E-state index contributed by atoms with van der Waals surface area (Å²) in [4.78, 5) is 4.31. The molecule has 102 valence electrons. The fraction of sp³-hybridized carbons (Fsp3) is 0. The van der Waals surface area contributed by atoms with Crippen LogP contribution in [0.2, 0.25) is 0 Å². The van der Waals surface area contributed by atoms with Crippen molar-refractivity contribution in [3.05, 3.63) is 65.1 Å². The first-order valence-electron chi connectivity index (χ1n) is 6.24. The Balaban J connectivity index is 1.89. The quantitative estimate of drug-likeness (QED) is 0.710. The van der Waals surface area contributed by atoms with Crippen LogP contribution in [0.25, 0.3) is 16.7 Å². The summed E-state index contributed by atoms with van der Waals surface area (Å²) in [6, 6.07) is 17.2. The summed E-state index contributed by atoms with van der Waals surface area (Å²) >= 11 is 3.37. The van der Waals surface area contributed by atoms with Gasteiger partial charge in [-0.2, -0.15) is 5.26 Å². The molecule has 0 saturated carbocycles. The van der Waals surface area contributed by atoms with E-state index in [1.165, 1.54) is 0 Å². The molecule has 0 bridgehead atoms. The number of halogens is 1. The number of hydrogen-bond donors (Lipinski definition) is 1. The third kappa shape index (κ3) is 2.96. The lowest BCUT2D eigenvalue weighted by Gasteiger charge is -2.00. The molecule has 0 atom stereocenters. The average molecular weight is 340 g/mol. The molecule has 3 aromatic rings. The Hall–Kier alpha value is -2.58. The number of rotatable bonds is 3. The maximum atomic E-state index is 9.26. The minimum absolute atomic E-state index is 0.309. The van der Waals surface area contributed by atoms with Crippen LogP contribution in [0.15, 0.2) is 63.6 Å². The first-order chi connectivity index (χ1) is 10.3. The van der Waals surface area contributed by atoms with E-state index in [1.807, 2.05) is 48.5 Å².